The molecule has 0 saturated carbocycles. The van der Waals surface area contributed by atoms with Gasteiger partial charge in [0.1, 0.15) is 12.2 Å². The zero-order chi connectivity index (χ0) is 12.5. The summed E-state index contributed by atoms with van der Waals surface area (Å²) < 4.78 is 0. The van der Waals surface area contributed by atoms with Gasteiger partial charge in [-0.3, -0.25) is 0 Å². The van der Waals surface area contributed by atoms with Crippen LogP contribution >= 0.6 is 0 Å². The molecular formula is C14H13NO2. The second-order valence-electron chi connectivity index (χ2n) is 4.12. The Morgan fingerprint density at radius 2 is 1.88 bits per heavy atom. The monoisotopic (exact) mass is 227 g/mol. The first-order valence-corrected chi connectivity index (χ1v) is 5.35. The number of nitriles is 1. The van der Waals surface area contributed by atoms with Crippen molar-refractivity contribution < 1.29 is 10.2 Å². The van der Waals surface area contributed by atoms with Gasteiger partial charge in [-0.15, -0.1) is 0 Å². The van der Waals surface area contributed by atoms with Crippen LogP contribution in [0.15, 0.2) is 48.1 Å². The first-order valence-electron chi connectivity index (χ1n) is 5.35. The normalized spacial score (nSPS) is 28.0. The Hall–Kier alpha value is -1.89. The molecule has 0 radical (unpaired) electrons. The Labute approximate surface area is 99.9 Å². The molecule has 0 spiro atoms. The molecule has 0 aromatic heterocycles. The summed E-state index contributed by atoms with van der Waals surface area (Å²) in [5, 5.41) is 29.3. The average Bonchev–Trinajstić information content (AvgIpc) is 2.37. The highest BCUT2D eigenvalue weighted by molar-refractivity contribution is 5.74. The van der Waals surface area contributed by atoms with Gasteiger partial charge in [0.05, 0.1) is 0 Å². The third-order valence-electron chi connectivity index (χ3n) is 3.08. The van der Waals surface area contributed by atoms with E-state index in [9.17, 15) is 10.2 Å². The summed E-state index contributed by atoms with van der Waals surface area (Å²) in [4.78, 5) is 0. The van der Waals surface area contributed by atoms with Crippen molar-refractivity contribution in [3.8, 4) is 6.07 Å². The molecule has 2 unspecified atom stereocenters. The maximum absolute atomic E-state index is 10.1. The molecule has 3 heteroatoms. The van der Waals surface area contributed by atoms with Gasteiger partial charge in [0.15, 0.2) is 0 Å². The van der Waals surface area contributed by atoms with Crippen LogP contribution in [0.1, 0.15) is 12.5 Å². The van der Waals surface area contributed by atoms with E-state index in [0.29, 0.717) is 11.1 Å². The smallest absolute Gasteiger partial charge is 0.203 e. The van der Waals surface area contributed by atoms with E-state index in [2.05, 4.69) is 0 Å². The van der Waals surface area contributed by atoms with Crippen molar-refractivity contribution in [3.05, 3.63) is 53.6 Å². The Bertz CT molecular complexity index is 525. The van der Waals surface area contributed by atoms with Crippen LogP contribution in [0.25, 0.3) is 5.57 Å². The van der Waals surface area contributed by atoms with Crippen LogP contribution in [0.4, 0.5) is 0 Å². The molecule has 0 fully saturated rings. The van der Waals surface area contributed by atoms with Gasteiger partial charge < -0.3 is 10.2 Å². The van der Waals surface area contributed by atoms with Gasteiger partial charge in [-0.25, -0.2) is 0 Å². The summed E-state index contributed by atoms with van der Waals surface area (Å²) in [5.74, 6) is 0. The molecular weight excluding hydrogens is 214 g/mol. The van der Waals surface area contributed by atoms with E-state index in [0.717, 1.165) is 5.56 Å². The minimum atomic E-state index is -1.83. The van der Waals surface area contributed by atoms with Crippen molar-refractivity contribution in [2.45, 2.75) is 18.6 Å². The number of nitrogens with zero attached hydrogens (tertiary/aromatic N) is 1. The fourth-order valence-electron chi connectivity index (χ4n) is 1.91. The highest BCUT2D eigenvalue weighted by atomic mass is 16.3. The largest absolute Gasteiger partial charge is 0.384 e. The number of rotatable bonds is 1. The summed E-state index contributed by atoms with van der Waals surface area (Å²) in [6.45, 7) is 1.63. The zero-order valence-corrected chi connectivity index (χ0v) is 9.46. The van der Waals surface area contributed by atoms with E-state index < -0.39 is 11.7 Å². The number of aliphatic hydroxyl groups excluding tert-OH is 1. The van der Waals surface area contributed by atoms with Gasteiger partial charge in [-0.1, -0.05) is 42.5 Å². The number of allylic oxidation sites excluding steroid dienone is 2. The molecule has 1 aliphatic carbocycles. The topological polar surface area (TPSA) is 64.2 Å². The van der Waals surface area contributed by atoms with Crippen molar-refractivity contribution in [3.63, 3.8) is 0 Å². The second-order valence-corrected chi connectivity index (χ2v) is 4.12. The third-order valence-corrected chi connectivity index (χ3v) is 3.08. The fourth-order valence-corrected chi connectivity index (χ4v) is 1.91. The highest BCUT2D eigenvalue weighted by Gasteiger charge is 2.41. The third kappa shape index (κ3) is 1.78. The summed E-state index contributed by atoms with van der Waals surface area (Å²) in [5.41, 5.74) is -0.0234. The lowest BCUT2D eigenvalue weighted by Crippen LogP contribution is -2.44. The molecule has 0 aliphatic heterocycles. The van der Waals surface area contributed by atoms with Crippen LogP contribution in [-0.4, -0.2) is 21.9 Å². The van der Waals surface area contributed by atoms with Crippen LogP contribution in [0.2, 0.25) is 0 Å². The molecule has 2 N–H and O–H groups in total. The van der Waals surface area contributed by atoms with Crippen LogP contribution < -0.4 is 0 Å². The Morgan fingerprint density at radius 1 is 1.24 bits per heavy atom. The van der Waals surface area contributed by atoms with Crippen molar-refractivity contribution >= 4 is 5.57 Å². The molecule has 3 nitrogen and oxygen atoms in total. The summed E-state index contributed by atoms with van der Waals surface area (Å²) in [6, 6.07) is 11.0. The van der Waals surface area contributed by atoms with Crippen LogP contribution in [0.5, 0.6) is 0 Å². The number of hydrogen-bond acceptors (Lipinski definition) is 3. The molecule has 17 heavy (non-hydrogen) atoms. The van der Waals surface area contributed by atoms with E-state index in [4.69, 9.17) is 5.26 Å². The molecule has 1 aromatic carbocycles. The van der Waals surface area contributed by atoms with Gasteiger partial charge in [0.2, 0.25) is 5.60 Å². The lowest BCUT2D eigenvalue weighted by Gasteiger charge is -2.31. The van der Waals surface area contributed by atoms with Crippen LogP contribution in [0, 0.1) is 11.3 Å². The second kappa shape index (κ2) is 4.17. The van der Waals surface area contributed by atoms with E-state index in [1.807, 2.05) is 30.3 Å². The fraction of sp³-hybridized carbons (Fsp3) is 0.214. The van der Waals surface area contributed by atoms with Crippen molar-refractivity contribution in [1.29, 1.82) is 5.26 Å². The molecule has 0 saturated heterocycles. The minimum absolute atomic E-state index is 0.451. The number of hydrogen-bond donors (Lipinski definition) is 2. The van der Waals surface area contributed by atoms with Gasteiger partial charge in [-0.2, -0.15) is 5.26 Å². The Morgan fingerprint density at radius 3 is 2.47 bits per heavy atom. The molecule has 0 bridgehead atoms. The maximum atomic E-state index is 10.1. The van der Waals surface area contributed by atoms with E-state index in [-0.39, 0.29) is 0 Å². The standard InChI is InChI=1S/C14H13NO2/c1-10-7-8-12(11-5-3-2-4-6-11)13(16)14(10,17)9-15/h2-8,13,16-17H,1H3. The summed E-state index contributed by atoms with van der Waals surface area (Å²) in [6.07, 6.45) is 2.18. The maximum Gasteiger partial charge on any atom is 0.203 e. The highest BCUT2D eigenvalue weighted by Crippen LogP contribution is 2.34. The average molecular weight is 227 g/mol. The van der Waals surface area contributed by atoms with Crippen molar-refractivity contribution in [2.24, 2.45) is 0 Å². The van der Waals surface area contributed by atoms with Gasteiger partial charge in [0, 0.05) is 0 Å². The number of aliphatic hydroxyl groups is 2. The molecule has 86 valence electrons. The van der Waals surface area contributed by atoms with Gasteiger partial charge in [-0.05, 0) is 23.6 Å². The van der Waals surface area contributed by atoms with E-state index in [1.54, 1.807) is 25.1 Å². The minimum Gasteiger partial charge on any atom is -0.384 e. The SMILES string of the molecule is CC1=CC=C(c2ccccc2)C(O)C1(O)C#N. The zero-order valence-electron chi connectivity index (χ0n) is 9.46. The summed E-state index contributed by atoms with van der Waals surface area (Å²) in [7, 11) is 0. The van der Waals surface area contributed by atoms with E-state index in [1.165, 1.54) is 0 Å². The first kappa shape index (κ1) is 11.6. The van der Waals surface area contributed by atoms with Crippen LogP contribution in [-0.2, 0) is 0 Å². The lowest BCUT2D eigenvalue weighted by molar-refractivity contribution is 0.0242. The Balaban J connectivity index is 2.49. The predicted octanol–water partition coefficient (Wildman–Crippen LogP) is 1.65. The molecule has 2 atom stereocenters. The molecule has 1 aromatic rings. The molecule has 0 heterocycles. The molecule has 2 rings (SSSR count). The molecule has 0 amide bonds. The quantitative estimate of drug-likeness (QED) is 0.717. The first-order chi connectivity index (χ1) is 8.09. The van der Waals surface area contributed by atoms with Gasteiger partial charge >= 0.3 is 0 Å². The van der Waals surface area contributed by atoms with Crippen LogP contribution in [0.3, 0.4) is 0 Å². The van der Waals surface area contributed by atoms with Gasteiger partial charge in [0.25, 0.3) is 0 Å². The lowest BCUT2D eigenvalue weighted by atomic mass is 9.79. The van der Waals surface area contributed by atoms with Crippen molar-refractivity contribution in [2.75, 3.05) is 0 Å². The Kier molecular flexibility index (Phi) is 2.84. The summed E-state index contributed by atoms with van der Waals surface area (Å²) >= 11 is 0. The predicted molar refractivity (Wildman–Crippen MR) is 64.7 cm³/mol. The van der Waals surface area contributed by atoms with E-state index >= 15 is 0 Å². The molecule has 1 aliphatic rings. The van der Waals surface area contributed by atoms with Crippen molar-refractivity contribution in [1.82, 2.24) is 0 Å². The number of benzene rings is 1.